The number of nitrogens with one attached hydrogen (secondary N) is 1. The number of halogens is 1. The van der Waals surface area contributed by atoms with Crippen molar-refractivity contribution in [2.75, 3.05) is 0 Å². The van der Waals surface area contributed by atoms with Gasteiger partial charge in [-0.2, -0.15) is 0 Å². The molecule has 0 radical (unpaired) electrons. The number of hydrogen-bond donors (Lipinski definition) is 1. The monoisotopic (exact) mass is 327 g/mol. The minimum Gasteiger partial charge on any atom is -0.351 e. The highest BCUT2D eigenvalue weighted by molar-refractivity contribution is 6.30. The maximum Gasteiger partial charge on any atom is 0.331 e. The van der Waals surface area contributed by atoms with Gasteiger partial charge in [0.1, 0.15) is 11.4 Å². The van der Waals surface area contributed by atoms with Gasteiger partial charge in [0.05, 0.1) is 6.54 Å². The van der Waals surface area contributed by atoms with Crippen molar-refractivity contribution in [3.05, 3.63) is 65.2 Å². The Morgan fingerprint density at radius 1 is 1.12 bits per heavy atom. The van der Waals surface area contributed by atoms with Crippen LogP contribution in [0.1, 0.15) is 11.3 Å². The van der Waals surface area contributed by atoms with Crippen LogP contribution in [0.5, 0.6) is 0 Å². The zero-order valence-corrected chi connectivity index (χ0v) is 12.8. The van der Waals surface area contributed by atoms with E-state index in [1.165, 1.54) is 30.3 Å². The summed E-state index contributed by atoms with van der Waals surface area (Å²) >= 11 is 0. The van der Waals surface area contributed by atoms with Crippen LogP contribution in [-0.2, 0) is 23.2 Å². The van der Waals surface area contributed by atoms with Crippen LogP contribution in [0.2, 0.25) is 0 Å². The van der Waals surface area contributed by atoms with Crippen molar-refractivity contribution in [2.45, 2.75) is 6.54 Å². The molecule has 24 heavy (non-hydrogen) atoms. The number of carbonyl (C=O) groups is 3. The minimum absolute atomic E-state index is 0.0529. The summed E-state index contributed by atoms with van der Waals surface area (Å²) in [6, 6.07) is 8.17. The number of barbiturate groups is 1. The summed E-state index contributed by atoms with van der Waals surface area (Å²) in [5, 5.41) is 2.15. The van der Waals surface area contributed by atoms with E-state index in [1.807, 2.05) is 0 Å². The predicted octanol–water partition coefficient (Wildman–Crippen LogP) is 1.83. The first-order valence-electron chi connectivity index (χ1n) is 7.20. The van der Waals surface area contributed by atoms with Gasteiger partial charge in [0, 0.05) is 18.9 Å². The van der Waals surface area contributed by atoms with E-state index in [1.54, 1.807) is 29.9 Å². The lowest BCUT2D eigenvalue weighted by atomic mass is 10.1. The average molecular weight is 327 g/mol. The van der Waals surface area contributed by atoms with Gasteiger partial charge in [-0.3, -0.25) is 19.8 Å². The van der Waals surface area contributed by atoms with Crippen LogP contribution in [0, 0.1) is 5.82 Å². The van der Waals surface area contributed by atoms with E-state index in [9.17, 15) is 18.8 Å². The van der Waals surface area contributed by atoms with Crippen molar-refractivity contribution in [1.29, 1.82) is 0 Å². The number of aryl methyl sites for hydroxylation is 1. The molecule has 0 unspecified atom stereocenters. The van der Waals surface area contributed by atoms with Gasteiger partial charge < -0.3 is 4.57 Å². The Morgan fingerprint density at radius 2 is 1.83 bits per heavy atom. The maximum atomic E-state index is 13.0. The van der Waals surface area contributed by atoms with E-state index in [0.717, 1.165) is 4.90 Å². The third-order valence-electron chi connectivity index (χ3n) is 3.72. The van der Waals surface area contributed by atoms with Crippen LogP contribution in [0.3, 0.4) is 0 Å². The summed E-state index contributed by atoms with van der Waals surface area (Å²) in [5.74, 6) is -1.83. The second-order valence-corrected chi connectivity index (χ2v) is 5.38. The highest BCUT2D eigenvalue weighted by Crippen LogP contribution is 2.17. The van der Waals surface area contributed by atoms with E-state index in [2.05, 4.69) is 5.32 Å². The van der Waals surface area contributed by atoms with Crippen molar-refractivity contribution in [3.8, 4) is 0 Å². The lowest BCUT2D eigenvalue weighted by Gasteiger charge is -2.26. The molecule has 0 spiro atoms. The molecule has 1 aromatic carbocycles. The first kappa shape index (κ1) is 15.7. The summed E-state index contributed by atoms with van der Waals surface area (Å²) in [5.41, 5.74) is 1.11. The third-order valence-corrected chi connectivity index (χ3v) is 3.72. The molecule has 1 aromatic heterocycles. The number of amides is 4. The summed E-state index contributed by atoms with van der Waals surface area (Å²) in [7, 11) is 1.78. The number of carbonyl (C=O) groups excluding carboxylic acids is 3. The van der Waals surface area contributed by atoms with Crippen LogP contribution in [-0.4, -0.2) is 27.3 Å². The molecular weight excluding hydrogens is 313 g/mol. The van der Waals surface area contributed by atoms with Crippen molar-refractivity contribution >= 4 is 23.9 Å². The standard InChI is InChI=1S/C17H14FN3O3/c1-20-8-2-3-13(20)9-14-15(22)19-17(24)21(16(14)23)10-11-4-6-12(18)7-5-11/h2-9H,10H2,1H3,(H,19,22,24)/b14-9-. The molecule has 2 aromatic rings. The molecular formula is C17H14FN3O3. The highest BCUT2D eigenvalue weighted by atomic mass is 19.1. The number of benzene rings is 1. The molecule has 6 nitrogen and oxygen atoms in total. The molecule has 3 rings (SSSR count). The fourth-order valence-electron chi connectivity index (χ4n) is 2.38. The van der Waals surface area contributed by atoms with Crippen LogP contribution in [0.15, 0.2) is 48.2 Å². The molecule has 0 aliphatic carbocycles. The molecule has 0 atom stereocenters. The number of urea groups is 1. The molecule has 122 valence electrons. The van der Waals surface area contributed by atoms with Crippen molar-refractivity contribution in [2.24, 2.45) is 7.05 Å². The van der Waals surface area contributed by atoms with Gasteiger partial charge in [-0.05, 0) is 35.9 Å². The quantitative estimate of drug-likeness (QED) is 0.690. The highest BCUT2D eigenvalue weighted by Gasteiger charge is 2.35. The van der Waals surface area contributed by atoms with E-state index in [4.69, 9.17) is 0 Å². The molecule has 4 amide bonds. The van der Waals surface area contributed by atoms with Crippen molar-refractivity contribution in [1.82, 2.24) is 14.8 Å². The van der Waals surface area contributed by atoms with Gasteiger partial charge in [-0.1, -0.05) is 12.1 Å². The van der Waals surface area contributed by atoms with Crippen molar-refractivity contribution in [3.63, 3.8) is 0 Å². The Hall–Kier alpha value is -3.22. The number of aromatic nitrogens is 1. The van der Waals surface area contributed by atoms with Gasteiger partial charge in [0.2, 0.25) is 0 Å². The summed E-state index contributed by atoms with van der Waals surface area (Å²) < 4.78 is 14.7. The van der Waals surface area contributed by atoms with E-state index >= 15 is 0 Å². The Bertz CT molecular complexity index is 852. The largest absolute Gasteiger partial charge is 0.351 e. The Balaban J connectivity index is 1.90. The maximum absolute atomic E-state index is 13.0. The number of hydrogen-bond acceptors (Lipinski definition) is 3. The van der Waals surface area contributed by atoms with E-state index in [-0.39, 0.29) is 12.1 Å². The Kier molecular flexibility index (Phi) is 3.99. The van der Waals surface area contributed by atoms with Crippen LogP contribution in [0.25, 0.3) is 6.08 Å². The Labute approximate surface area is 137 Å². The van der Waals surface area contributed by atoms with Gasteiger partial charge >= 0.3 is 6.03 Å². The summed E-state index contributed by atoms with van der Waals surface area (Å²) in [6.45, 7) is -0.0529. The van der Waals surface area contributed by atoms with Crippen LogP contribution < -0.4 is 5.32 Å². The van der Waals surface area contributed by atoms with Gasteiger partial charge in [-0.25, -0.2) is 9.18 Å². The molecule has 7 heteroatoms. The third kappa shape index (κ3) is 2.96. The lowest BCUT2D eigenvalue weighted by Crippen LogP contribution is -2.53. The topological polar surface area (TPSA) is 71.4 Å². The molecule has 1 N–H and O–H groups in total. The van der Waals surface area contributed by atoms with Crippen LogP contribution >= 0.6 is 0 Å². The lowest BCUT2D eigenvalue weighted by molar-refractivity contribution is -0.130. The zero-order chi connectivity index (χ0) is 17.3. The first-order chi connectivity index (χ1) is 11.5. The molecule has 0 bridgehead atoms. The van der Waals surface area contributed by atoms with E-state index < -0.39 is 23.7 Å². The number of rotatable bonds is 3. The SMILES string of the molecule is Cn1cccc1/C=C1/C(=O)NC(=O)N(Cc2ccc(F)cc2)C1=O. The van der Waals surface area contributed by atoms with Gasteiger partial charge in [0.25, 0.3) is 11.8 Å². The normalized spacial score (nSPS) is 16.7. The fraction of sp³-hybridized carbons (Fsp3) is 0.118. The Morgan fingerprint density at radius 3 is 2.46 bits per heavy atom. The predicted molar refractivity (Wildman–Crippen MR) is 83.9 cm³/mol. The molecule has 0 saturated carbocycles. The average Bonchev–Trinajstić information content (AvgIpc) is 2.95. The smallest absolute Gasteiger partial charge is 0.331 e. The van der Waals surface area contributed by atoms with Gasteiger partial charge in [0.15, 0.2) is 0 Å². The van der Waals surface area contributed by atoms with Crippen molar-refractivity contribution < 1.29 is 18.8 Å². The second-order valence-electron chi connectivity index (χ2n) is 5.38. The molecule has 1 aliphatic heterocycles. The summed E-state index contributed by atoms with van der Waals surface area (Å²) in [4.78, 5) is 37.4. The summed E-state index contributed by atoms with van der Waals surface area (Å²) in [6.07, 6.45) is 3.21. The molecule has 1 saturated heterocycles. The minimum atomic E-state index is -0.793. The molecule has 1 fully saturated rings. The zero-order valence-electron chi connectivity index (χ0n) is 12.8. The van der Waals surface area contributed by atoms with E-state index in [0.29, 0.717) is 11.3 Å². The van der Waals surface area contributed by atoms with Gasteiger partial charge in [-0.15, -0.1) is 0 Å². The molecule has 1 aliphatic rings. The fourth-order valence-corrected chi connectivity index (χ4v) is 2.38. The molecule has 2 heterocycles. The van der Waals surface area contributed by atoms with Crippen LogP contribution in [0.4, 0.5) is 9.18 Å². The first-order valence-corrected chi connectivity index (χ1v) is 7.20. The number of imide groups is 2. The number of nitrogens with zero attached hydrogens (tertiary/aromatic N) is 2. The second kappa shape index (κ2) is 6.11.